The van der Waals surface area contributed by atoms with Gasteiger partial charge in [-0.3, -0.25) is 0 Å². The lowest BCUT2D eigenvalue weighted by Gasteiger charge is -2.24. The van der Waals surface area contributed by atoms with E-state index in [0.29, 0.717) is 0 Å². The van der Waals surface area contributed by atoms with Crippen molar-refractivity contribution in [3.8, 4) is 5.75 Å². The third-order valence-electron chi connectivity index (χ3n) is 2.74. The van der Waals surface area contributed by atoms with Crippen molar-refractivity contribution in [1.82, 2.24) is 0 Å². The summed E-state index contributed by atoms with van der Waals surface area (Å²) in [6, 6.07) is 5.87. The van der Waals surface area contributed by atoms with E-state index in [9.17, 15) is 0 Å². The van der Waals surface area contributed by atoms with E-state index in [2.05, 4.69) is 11.8 Å². The van der Waals surface area contributed by atoms with Gasteiger partial charge in [0.1, 0.15) is 5.75 Å². The van der Waals surface area contributed by atoms with E-state index in [4.69, 9.17) is 15.2 Å². The SMILES string of the molecule is CCOCCN(CC)c1cc(N)cc(OC(C)C)c1. The highest BCUT2D eigenvalue weighted by atomic mass is 16.5. The minimum absolute atomic E-state index is 0.146. The Balaban J connectivity index is 2.81. The summed E-state index contributed by atoms with van der Waals surface area (Å²) in [7, 11) is 0. The second-order valence-corrected chi connectivity index (χ2v) is 4.70. The number of likely N-dealkylation sites (N-methyl/N-ethyl adjacent to an activating group) is 1. The van der Waals surface area contributed by atoms with Crippen molar-refractivity contribution in [2.75, 3.05) is 36.9 Å². The van der Waals surface area contributed by atoms with E-state index < -0.39 is 0 Å². The zero-order valence-electron chi connectivity index (χ0n) is 12.5. The van der Waals surface area contributed by atoms with Crippen LogP contribution in [0, 0.1) is 0 Å². The highest BCUT2D eigenvalue weighted by molar-refractivity contribution is 5.60. The first-order valence-electron chi connectivity index (χ1n) is 6.96. The average molecular weight is 266 g/mol. The van der Waals surface area contributed by atoms with Crippen LogP contribution in [0.1, 0.15) is 27.7 Å². The van der Waals surface area contributed by atoms with Gasteiger partial charge in [-0.2, -0.15) is 0 Å². The first-order valence-corrected chi connectivity index (χ1v) is 6.96. The summed E-state index contributed by atoms with van der Waals surface area (Å²) in [6.07, 6.45) is 0.146. The van der Waals surface area contributed by atoms with Crippen LogP contribution in [-0.4, -0.2) is 32.4 Å². The molecule has 1 aromatic carbocycles. The van der Waals surface area contributed by atoms with Crippen LogP contribution in [0.2, 0.25) is 0 Å². The summed E-state index contributed by atoms with van der Waals surface area (Å²) >= 11 is 0. The number of hydrogen-bond donors (Lipinski definition) is 1. The molecule has 1 rings (SSSR count). The molecule has 0 bridgehead atoms. The standard InChI is InChI=1S/C15H26N2O2/c1-5-17(7-8-18-6-2)14-9-13(16)10-15(11-14)19-12(3)4/h9-12H,5-8,16H2,1-4H3. The van der Waals surface area contributed by atoms with Gasteiger partial charge in [0.25, 0.3) is 0 Å². The Hall–Kier alpha value is -1.42. The number of hydrogen-bond acceptors (Lipinski definition) is 4. The van der Waals surface area contributed by atoms with Gasteiger partial charge >= 0.3 is 0 Å². The Kier molecular flexibility index (Phi) is 6.50. The number of anilines is 2. The summed E-state index contributed by atoms with van der Waals surface area (Å²) in [5, 5.41) is 0. The molecule has 0 atom stereocenters. The zero-order chi connectivity index (χ0) is 14.3. The van der Waals surface area contributed by atoms with Crippen molar-refractivity contribution in [2.45, 2.75) is 33.8 Å². The molecule has 19 heavy (non-hydrogen) atoms. The molecule has 0 amide bonds. The molecule has 0 aliphatic rings. The van der Waals surface area contributed by atoms with E-state index in [1.54, 1.807) is 0 Å². The van der Waals surface area contributed by atoms with Crippen LogP contribution < -0.4 is 15.4 Å². The maximum absolute atomic E-state index is 5.94. The van der Waals surface area contributed by atoms with Crippen LogP contribution in [0.4, 0.5) is 11.4 Å². The molecule has 0 aliphatic heterocycles. The monoisotopic (exact) mass is 266 g/mol. The molecule has 108 valence electrons. The number of ether oxygens (including phenoxy) is 2. The number of benzene rings is 1. The van der Waals surface area contributed by atoms with Crippen LogP contribution >= 0.6 is 0 Å². The first kappa shape index (κ1) is 15.6. The van der Waals surface area contributed by atoms with Gasteiger partial charge in [-0.1, -0.05) is 0 Å². The Bertz CT molecular complexity index is 380. The summed E-state index contributed by atoms with van der Waals surface area (Å²) in [4.78, 5) is 2.24. The fraction of sp³-hybridized carbons (Fsp3) is 0.600. The molecule has 0 aliphatic carbocycles. The van der Waals surface area contributed by atoms with Gasteiger partial charge in [0.15, 0.2) is 0 Å². The topological polar surface area (TPSA) is 47.7 Å². The van der Waals surface area contributed by atoms with Gasteiger partial charge in [0.2, 0.25) is 0 Å². The number of nitrogens with two attached hydrogens (primary N) is 1. The molecule has 0 fully saturated rings. The van der Waals surface area contributed by atoms with E-state index in [0.717, 1.165) is 43.4 Å². The Morgan fingerprint density at radius 2 is 1.95 bits per heavy atom. The Morgan fingerprint density at radius 1 is 1.21 bits per heavy atom. The number of nitrogen functional groups attached to an aromatic ring is 1. The van der Waals surface area contributed by atoms with E-state index in [-0.39, 0.29) is 6.10 Å². The normalized spacial score (nSPS) is 10.8. The molecule has 4 nitrogen and oxygen atoms in total. The fourth-order valence-electron chi connectivity index (χ4n) is 1.92. The van der Waals surface area contributed by atoms with Crippen molar-refractivity contribution in [2.24, 2.45) is 0 Å². The van der Waals surface area contributed by atoms with Gasteiger partial charge in [-0.05, 0) is 33.8 Å². The van der Waals surface area contributed by atoms with Crippen molar-refractivity contribution in [3.63, 3.8) is 0 Å². The third kappa shape index (κ3) is 5.39. The predicted molar refractivity (Wildman–Crippen MR) is 81.0 cm³/mol. The highest BCUT2D eigenvalue weighted by Crippen LogP contribution is 2.26. The molecular formula is C15H26N2O2. The van der Waals surface area contributed by atoms with Crippen molar-refractivity contribution < 1.29 is 9.47 Å². The lowest BCUT2D eigenvalue weighted by molar-refractivity contribution is 0.154. The molecule has 2 N–H and O–H groups in total. The van der Waals surface area contributed by atoms with Crippen LogP contribution in [0.5, 0.6) is 5.75 Å². The maximum Gasteiger partial charge on any atom is 0.123 e. The summed E-state index contributed by atoms with van der Waals surface area (Å²) < 4.78 is 11.1. The molecule has 0 radical (unpaired) electrons. The van der Waals surface area contributed by atoms with Gasteiger partial charge < -0.3 is 20.1 Å². The molecule has 0 saturated carbocycles. The molecule has 4 heteroatoms. The van der Waals surface area contributed by atoms with Crippen molar-refractivity contribution >= 4 is 11.4 Å². The summed E-state index contributed by atoms with van der Waals surface area (Å²) in [5.74, 6) is 0.819. The van der Waals surface area contributed by atoms with E-state index >= 15 is 0 Å². The molecular weight excluding hydrogens is 240 g/mol. The quantitative estimate of drug-likeness (QED) is 0.580. The second kappa shape index (κ2) is 7.89. The summed E-state index contributed by atoms with van der Waals surface area (Å²) in [5.41, 5.74) is 7.75. The van der Waals surface area contributed by atoms with Crippen LogP contribution in [0.15, 0.2) is 18.2 Å². The molecule has 1 aromatic rings. The molecule has 0 aromatic heterocycles. The largest absolute Gasteiger partial charge is 0.491 e. The van der Waals surface area contributed by atoms with Crippen molar-refractivity contribution in [1.29, 1.82) is 0 Å². The lowest BCUT2D eigenvalue weighted by Crippen LogP contribution is -2.27. The molecule has 0 heterocycles. The smallest absolute Gasteiger partial charge is 0.123 e. The molecule has 0 unspecified atom stereocenters. The third-order valence-corrected chi connectivity index (χ3v) is 2.74. The predicted octanol–water partition coefficient (Wildman–Crippen LogP) is 2.92. The summed E-state index contributed by atoms with van der Waals surface area (Å²) in [6.45, 7) is 11.4. The van der Waals surface area contributed by atoms with Gasteiger partial charge in [0.05, 0.1) is 12.7 Å². The first-order chi connectivity index (χ1) is 9.06. The Labute approximate surface area is 116 Å². The van der Waals surface area contributed by atoms with Gasteiger partial charge in [-0.15, -0.1) is 0 Å². The van der Waals surface area contributed by atoms with E-state index in [1.807, 2.05) is 39.0 Å². The maximum atomic E-state index is 5.94. The van der Waals surface area contributed by atoms with Gasteiger partial charge in [-0.25, -0.2) is 0 Å². The van der Waals surface area contributed by atoms with Crippen LogP contribution in [0.3, 0.4) is 0 Å². The van der Waals surface area contributed by atoms with Crippen LogP contribution in [0.25, 0.3) is 0 Å². The molecule has 0 spiro atoms. The van der Waals surface area contributed by atoms with E-state index in [1.165, 1.54) is 0 Å². The highest BCUT2D eigenvalue weighted by Gasteiger charge is 2.08. The fourth-order valence-corrected chi connectivity index (χ4v) is 1.92. The van der Waals surface area contributed by atoms with Crippen molar-refractivity contribution in [3.05, 3.63) is 18.2 Å². The number of rotatable bonds is 8. The Morgan fingerprint density at radius 3 is 2.53 bits per heavy atom. The zero-order valence-corrected chi connectivity index (χ0v) is 12.5. The molecule has 0 saturated heterocycles. The second-order valence-electron chi connectivity index (χ2n) is 4.70. The lowest BCUT2D eigenvalue weighted by atomic mass is 10.2. The number of nitrogens with zero attached hydrogens (tertiary/aromatic N) is 1. The minimum atomic E-state index is 0.146. The van der Waals surface area contributed by atoms with Gasteiger partial charge in [0, 0.05) is 43.2 Å². The van der Waals surface area contributed by atoms with Crippen LogP contribution in [-0.2, 0) is 4.74 Å². The average Bonchev–Trinajstić information content (AvgIpc) is 2.33. The minimum Gasteiger partial charge on any atom is -0.491 e.